The maximum absolute atomic E-state index is 11.4. The fraction of sp³-hybridized carbons (Fsp3) is 0.963. The first-order chi connectivity index (χ1) is 14.2. The topological polar surface area (TPSA) is 58.6 Å². The predicted molar refractivity (Wildman–Crippen MR) is 126 cm³/mol. The van der Waals surface area contributed by atoms with Crippen LogP contribution in [-0.2, 0) is 0 Å². The summed E-state index contributed by atoms with van der Waals surface area (Å²) in [5.74, 6) is 10.7. The zero-order valence-corrected chi connectivity index (χ0v) is 20.4. The van der Waals surface area contributed by atoms with Crippen molar-refractivity contribution in [2.24, 2.45) is 63.2 Å². The van der Waals surface area contributed by atoms with Gasteiger partial charge in [0.25, 0.3) is 0 Å². The van der Waals surface area contributed by atoms with E-state index in [4.69, 9.17) is 5.84 Å². The SMILES string of the molecule is CC(C)CCC[C@@H](C)[C@H]1CC[C@H]2C3C(O)C[C@H]4C/C(=N/N)CC[C@]4(C)C3CC[C@]12C. The van der Waals surface area contributed by atoms with Gasteiger partial charge in [-0.05, 0) is 104 Å². The highest BCUT2D eigenvalue weighted by atomic mass is 16.3. The van der Waals surface area contributed by atoms with Crippen molar-refractivity contribution in [3.05, 3.63) is 0 Å². The van der Waals surface area contributed by atoms with Gasteiger partial charge in [0, 0.05) is 5.71 Å². The van der Waals surface area contributed by atoms with Crippen LogP contribution in [0.3, 0.4) is 0 Å². The molecule has 0 radical (unpaired) electrons. The maximum atomic E-state index is 11.4. The fourth-order valence-corrected chi connectivity index (χ4v) is 9.17. The molecule has 0 aliphatic heterocycles. The number of hydrazone groups is 1. The molecule has 3 unspecified atom stereocenters. The van der Waals surface area contributed by atoms with Crippen molar-refractivity contribution in [2.75, 3.05) is 0 Å². The molecule has 0 bridgehead atoms. The van der Waals surface area contributed by atoms with Crippen LogP contribution in [0.2, 0.25) is 0 Å². The Morgan fingerprint density at radius 3 is 2.47 bits per heavy atom. The van der Waals surface area contributed by atoms with Gasteiger partial charge in [-0.3, -0.25) is 0 Å². The number of hydrogen-bond donors (Lipinski definition) is 2. The monoisotopic (exact) mass is 416 g/mol. The van der Waals surface area contributed by atoms with Crippen LogP contribution in [0.4, 0.5) is 0 Å². The molecule has 4 fully saturated rings. The molecule has 4 saturated carbocycles. The van der Waals surface area contributed by atoms with E-state index in [1.807, 2.05) is 0 Å². The normalized spacial score (nSPS) is 48.3. The third kappa shape index (κ3) is 3.65. The van der Waals surface area contributed by atoms with Gasteiger partial charge in [0.1, 0.15) is 0 Å². The first-order valence-electron chi connectivity index (χ1n) is 13.1. The molecule has 30 heavy (non-hydrogen) atoms. The standard InChI is InChI=1S/C27H48N2O/c1-17(2)7-6-8-18(3)21-9-10-22-25-23(12-14-27(21,22)5)26(4)13-11-20(29-28)15-19(26)16-24(25)30/h17-19,21-25,30H,6-16,28H2,1-5H3/b29-20+/t18-,19-,21-,22+,23?,24?,25?,26+,27-/m1/s1. The number of hydrogen-bond acceptors (Lipinski definition) is 3. The molecular weight excluding hydrogens is 368 g/mol. The number of rotatable bonds is 5. The van der Waals surface area contributed by atoms with Gasteiger partial charge in [-0.15, -0.1) is 0 Å². The maximum Gasteiger partial charge on any atom is 0.0577 e. The summed E-state index contributed by atoms with van der Waals surface area (Å²) in [6, 6.07) is 0. The molecule has 4 rings (SSSR count). The van der Waals surface area contributed by atoms with Crippen molar-refractivity contribution in [2.45, 2.75) is 111 Å². The van der Waals surface area contributed by atoms with Crippen LogP contribution in [0.1, 0.15) is 105 Å². The summed E-state index contributed by atoms with van der Waals surface area (Å²) in [6.07, 6.45) is 13.8. The van der Waals surface area contributed by atoms with Gasteiger partial charge in [0.2, 0.25) is 0 Å². The lowest BCUT2D eigenvalue weighted by Crippen LogP contribution is -2.58. The van der Waals surface area contributed by atoms with Crippen LogP contribution in [0.15, 0.2) is 5.10 Å². The molecular formula is C27H48N2O. The largest absolute Gasteiger partial charge is 0.393 e. The molecule has 0 amide bonds. The van der Waals surface area contributed by atoms with E-state index in [1.165, 1.54) is 57.1 Å². The van der Waals surface area contributed by atoms with Crippen molar-refractivity contribution < 1.29 is 5.11 Å². The number of nitrogens with two attached hydrogens (primary N) is 1. The summed E-state index contributed by atoms with van der Waals surface area (Å²) in [7, 11) is 0. The summed E-state index contributed by atoms with van der Waals surface area (Å²) in [5.41, 5.74) is 2.00. The average Bonchev–Trinajstić information content (AvgIpc) is 3.05. The van der Waals surface area contributed by atoms with Gasteiger partial charge in [0.05, 0.1) is 6.10 Å². The molecule has 4 aliphatic rings. The Kier molecular flexibility index (Phi) is 6.34. The van der Waals surface area contributed by atoms with E-state index < -0.39 is 0 Å². The third-order valence-electron chi connectivity index (χ3n) is 10.9. The minimum absolute atomic E-state index is 0.121. The zero-order valence-electron chi connectivity index (χ0n) is 20.4. The first-order valence-corrected chi connectivity index (χ1v) is 13.1. The van der Waals surface area contributed by atoms with E-state index in [9.17, 15) is 5.11 Å². The first kappa shape index (κ1) is 22.6. The van der Waals surface area contributed by atoms with Gasteiger partial charge < -0.3 is 10.9 Å². The fourth-order valence-electron chi connectivity index (χ4n) is 9.17. The van der Waals surface area contributed by atoms with E-state index in [0.717, 1.165) is 42.9 Å². The molecule has 3 nitrogen and oxygen atoms in total. The average molecular weight is 417 g/mol. The van der Waals surface area contributed by atoms with E-state index in [0.29, 0.717) is 28.6 Å². The van der Waals surface area contributed by atoms with Crippen LogP contribution < -0.4 is 5.84 Å². The summed E-state index contributed by atoms with van der Waals surface area (Å²) < 4.78 is 0. The van der Waals surface area contributed by atoms with Gasteiger partial charge in [-0.1, -0.05) is 53.9 Å². The van der Waals surface area contributed by atoms with E-state index in [1.54, 1.807) is 0 Å². The Bertz CT molecular complexity index is 645. The quantitative estimate of drug-likeness (QED) is 0.403. The molecule has 172 valence electrons. The Morgan fingerprint density at radius 2 is 1.77 bits per heavy atom. The number of aliphatic hydroxyl groups excluding tert-OH is 1. The molecule has 0 aromatic heterocycles. The number of nitrogens with zero attached hydrogens (tertiary/aromatic N) is 1. The van der Waals surface area contributed by atoms with Gasteiger partial charge in [0.15, 0.2) is 0 Å². The van der Waals surface area contributed by atoms with Gasteiger partial charge >= 0.3 is 0 Å². The molecule has 0 spiro atoms. The van der Waals surface area contributed by atoms with Crippen LogP contribution in [0.5, 0.6) is 0 Å². The Labute approximate surface area is 185 Å². The third-order valence-corrected chi connectivity index (χ3v) is 10.9. The molecule has 4 aliphatic carbocycles. The number of fused-ring (bicyclic) bond motifs is 5. The molecule has 0 heterocycles. The van der Waals surface area contributed by atoms with E-state index >= 15 is 0 Å². The van der Waals surface area contributed by atoms with Crippen molar-refractivity contribution in [1.29, 1.82) is 0 Å². The molecule has 0 aromatic carbocycles. The molecule has 3 heteroatoms. The van der Waals surface area contributed by atoms with Crippen LogP contribution in [0.25, 0.3) is 0 Å². The lowest BCUT2D eigenvalue weighted by Gasteiger charge is -2.62. The molecule has 3 N–H and O–H groups in total. The highest BCUT2D eigenvalue weighted by Crippen LogP contribution is 2.68. The van der Waals surface area contributed by atoms with E-state index in [2.05, 4.69) is 39.7 Å². The van der Waals surface area contributed by atoms with Crippen molar-refractivity contribution in [1.82, 2.24) is 0 Å². The molecule has 9 atom stereocenters. The minimum atomic E-state index is -0.121. The summed E-state index contributed by atoms with van der Waals surface area (Å²) in [6.45, 7) is 12.4. The number of aliphatic hydroxyl groups is 1. The van der Waals surface area contributed by atoms with Crippen molar-refractivity contribution in [3.63, 3.8) is 0 Å². The Balaban J connectivity index is 1.51. The highest BCUT2D eigenvalue weighted by molar-refractivity contribution is 5.85. The predicted octanol–water partition coefficient (Wildman–Crippen LogP) is 6.39. The molecule has 0 saturated heterocycles. The summed E-state index contributed by atoms with van der Waals surface area (Å²) in [5, 5.41) is 15.5. The zero-order chi connectivity index (χ0) is 21.7. The summed E-state index contributed by atoms with van der Waals surface area (Å²) >= 11 is 0. The Morgan fingerprint density at radius 1 is 1.03 bits per heavy atom. The smallest absolute Gasteiger partial charge is 0.0577 e. The second-order valence-electron chi connectivity index (χ2n) is 12.7. The lowest BCUT2D eigenvalue weighted by molar-refractivity contribution is -0.157. The summed E-state index contributed by atoms with van der Waals surface area (Å²) in [4.78, 5) is 0. The van der Waals surface area contributed by atoms with E-state index in [-0.39, 0.29) is 6.10 Å². The minimum Gasteiger partial charge on any atom is -0.393 e. The lowest BCUT2D eigenvalue weighted by atomic mass is 9.43. The van der Waals surface area contributed by atoms with Gasteiger partial charge in [-0.25, -0.2) is 0 Å². The van der Waals surface area contributed by atoms with Crippen LogP contribution in [-0.4, -0.2) is 16.9 Å². The van der Waals surface area contributed by atoms with Gasteiger partial charge in [-0.2, -0.15) is 5.10 Å². The highest BCUT2D eigenvalue weighted by Gasteiger charge is 2.62. The van der Waals surface area contributed by atoms with Crippen molar-refractivity contribution in [3.8, 4) is 0 Å². The van der Waals surface area contributed by atoms with Crippen LogP contribution in [0, 0.1) is 52.3 Å². The molecule has 0 aromatic rings. The van der Waals surface area contributed by atoms with Crippen LogP contribution >= 0.6 is 0 Å². The second-order valence-corrected chi connectivity index (χ2v) is 12.7. The second kappa shape index (κ2) is 8.41. The van der Waals surface area contributed by atoms with Crippen molar-refractivity contribution >= 4 is 5.71 Å². The Hall–Kier alpha value is -0.570.